The van der Waals surface area contributed by atoms with Crippen molar-refractivity contribution in [3.63, 3.8) is 0 Å². The highest BCUT2D eigenvalue weighted by atomic mass is 16.5. The monoisotopic (exact) mass is 297 g/mol. The molecule has 2 aromatic rings. The normalized spacial score (nSPS) is 17.2. The number of fused-ring (bicyclic) bond motifs is 1. The molecule has 3 heteroatoms. The van der Waals surface area contributed by atoms with Gasteiger partial charge >= 0.3 is 0 Å². The van der Waals surface area contributed by atoms with Gasteiger partial charge in [-0.1, -0.05) is 18.2 Å². The highest BCUT2D eigenvalue weighted by Crippen LogP contribution is 2.32. The van der Waals surface area contributed by atoms with E-state index in [4.69, 9.17) is 9.47 Å². The molecule has 0 saturated carbocycles. The summed E-state index contributed by atoms with van der Waals surface area (Å²) < 4.78 is 11.1. The van der Waals surface area contributed by atoms with Crippen molar-refractivity contribution in [3.05, 3.63) is 59.2 Å². The van der Waals surface area contributed by atoms with Crippen LogP contribution >= 0.6 is 0 Å². The minimum Gasteiger partial charge on any atom is -0.497 e. The van der Waals surface area contributed by atoms with Crippen molar-refractivity contribution in [2.45, 2.75) is 32.4 Å². The fourth-order valence-electron chi connectivity index (χ4n) is 2.97. The smallest absolute Gasteiger partial charge is 0.120 e. The van der Waals surface area contributed by atoms with E-state index in [1.165, 1.54) is 16.7 Å². The van der Waals surface area contributed by atoms with Crippen molar-refractivity contribution in [3.8, 4) is 11.5 Å². The third-order valence-corrected chi connectivity index (χ3v) is 3.99. The highest BCUT2D eigenvalue weighted by Gasteiger charge is 2.22. The SMILES string of the molecule is COc1ccc(C2NCCc3ccc(OC(C)C)cc32)cc1. The van der Waals surface area contributed by atoms with Crippen molar-refractivity contribution in [1.82, 2.24) is 5.32 Å². The zero-order valence-corrected chi connectivity index (χ0v) is 13.4. The Morgan fingerprint density at radius 2 is 1.77 bits per heavy atom. The third kappa shape index (κ3) is 3.09. The molecule has 116 valence electrons. The lowest BCUT2D eigenvalue weighted by Gasteiger charge is -2.28. The zero-order valence-electron chi connectivity index (χ0n) is 13.4. The molecule has 0 aromatic heterocycles. The molecule has 0 fully saturated rings. The van der Waals surface area contributed by atoms with Crippen molar-refractivity contribution in [2.24, 2.45) is 0 Å². The van der Waals surface area contributed by atoms with E-state index in [2.05, 4.69) is 49.5 Å². The molecule has 0 aliphatic carbocycles. The van der Waals surface area contributed by atoms with E-state index < -0.39 is 0 Å². The molecular weight excluding hydrogens is 274 g/mol. The molecule has 3 rings (SSSR count). The molecule has 3 nitrogen and oxygen atoms in total. The van der Waals surface area contributed by atoms with Crippen LogP contribution in [0.25, 0.3) is 0 Å². The van der Waals surface area contributed by atoms with E-state index in [0.717, 1.165) is 24.5 Å². The molecule has 0 radical (unpaired) electrons. The zero-order chi connectivity index (χ0) is 15.5. The Balaban J connectivity index is 1.94. The molecule has 1 aliphatic rings. The first-order chi connectivity index (χ1) is 10.7. The number of methoxy groups -OCH3 is 1. The van der Waals surface area contributed by atoms with Crippen LogP contribution in [0, 0.1) is 0 Å². The third-order valence-electron chi connectivity index (χ3n) is 3.99. The van der Waals surface area contributed by atoms with Gasteiger partial charge in [-0.15, -0.1) is 0 Å². The number of hydrogen-bond donors (Lipinski definition) is 1. The fourth-order valence-corrected chi connectivity index (χ4v) is 2.97. The van der Waals surface area contributed by atoms with Crippen molar-refractivity contribution in [1.29, 1.82) is 0 Å². The van der Waals surface area contributed by atoms with E-state index in [-0.39, 0.29) is 12.1 Å². The average Bonchev–Trinajstić information content (AvgIpc) is 2.54. The average molecular weight is 297 g/mol. The van der Waals surface area contributed by atoms with E-state index in [0.29, 0.717) is 0 Å². The quantitative estimate of drug-likeness (QED) is 0.933. The van der Waals surface area contributed by atoms with Crippen LogP contribution in [-0.4, -0.2) is 19.8 Å². The molecule has 1 aliphatic heterocycles. The summed E-state index contributed by atoms with van der Waals surface area (Å²) in [6.45, 7) is 5.10. The standard InChI is InChI=1S/C19H23NO2/c1-13(2)22-17-9-4-14-10-11-20-19(18(14)12-17)15-5-7-16(21-3)8-6-15/h4-9,12-13,19-20H,10-11H2,1-3H3. The number of nitrogens with one attached hydrogen (secondary N) is 1. The maximum atomic E-state index is 5.85. The number of benzene rings is 2. The second-order valence-corrected chi connectivity index (χ2v) is 5.94. The minimum atomic E-state index is 0.189. The Labute approximate surface area is 132 Å². The molecule has 0 bridgehead atoms. The van der Waals surface area contributed by atoms with Gasteiger partial charge in [-0.3, -0.25) is 0 Å². The van der Waals surface area contributed by atoms with Crippen LogP contribution in [0.15, 0.2) is 42.5 Å². The number of hydrogen-bond acceptors (Lipinski definition) is 3. The Hall–Kier alpha value is -2.00. The fraction of sp³-hybridized carbons (Fsp3) is 0.368. The summed E-state index contributed by atoms with van der Waals surface area (Å²) in [5, 5.41) is 3.61. The summed E-state index contributed by atoms with van der Waals surface area (Å²) in [6, 6.07) is 14.9. The first-order valence-electron chi connectivity index (χ1n) is 7.84. The van der Waals surface area contributed by atoms with Gasteiger partial charge in [0.05, 0.1) is 19.3 Å². The predicted molar refractivity (Wildman–Crippen MR) is 88.7 cm³/mol. The second kappa shape index (κ2) is 6.41. The molecule has 1 atom stereocenters. The Morgan fingerprint density at radius 3 is 2.45 bits per heavy atom. The Morgan fingerprint density at radius 1 is 1.05 bits per heavy atom. The molecule has 2 aromatic carbocycles. The minimum absolute atomic E-state index is 0.189. The summed E-state index contributed by atoms with van der Waals surface area (Å²) in [5.41, 5.74) is 3.97. The number of rotatable bonds is 4. The van der Waals surface area contributed by atoms with Crippen LogP contribution < -0.4 is 14.8 Å². The highest BCUT2D eigenvalue weighted by molar-refractivity contribution is 5.44. The van der Waals surface area contributed by atoms with E-state index in [1.807, 2.05) is 12.1 Å². The van der Waals surface area contributed by atoms with Crippen LogP contribution in [0.5, 0.6) is 11.5 Å². The van der Waals surface area contributed by atoms with Gasteiger partial charge in [-0.2, -0.15) is 0 Å². The lowest BCUT2D eigenvalue weighted by atomic mass is 9.89. The summed E-state index contributed by atoms with van der Waals surface area (Å²) in [5.74, 6) is 1.83. The Bertz CT molecular complexity index is 634. The molecule has 1 heterocycles. The van der Waals surface area contributed by atoms with Crippen LogP contribution in [0.3, 0.4) is 0 Å². The van der Waals surface area contributed by atoms with Gasteiger partial charge in [0.15, 0.2) is 0 Å². The molecule has 22 heavy (non-hydrogen) atoms. The van der Waals surface area contributed by atoms with Gasteiger partial charge in [0.25, 0.3) is 0 Å². The van der Waals surface area contributed by atoms with Crippen molar-refractivity contribution >= 4 is 0 Å². The molecule has 1 N–H and O–H groups in total. The molecular formula is C19H23NO2. The van der Waals surface area contributed by atoms with E-state index in [1.54, 1.807) is 7.11 Å². The largest absolute Gasteiger partial charge is 0.497 e. The van der Waals surface area contributed by atoms with Gasteiger partial charge in [-0.25, -0.2) is 0 Å². The predicted octanol–water partition coefficient (Wildman–Crippen LogP) is 3.72. The first-order valence-corrected chi connectivity index (χ1v) is 7.84. The van der Waals surface area contributed by atoms with Gasteiger partial charge in [0, 0.05) is 6.54 Å². The summed E-state index contributed by atoms with van der Waals surface area (Å²) in [4.78, 5) is 0. The van der Waals surface area contributed by atoms with Crippen LogP contribution in [-0.2, 0) is 6.42 Å². The topological polar surface area (TPSA) is 30.5 Å². The van der Waals surface area contributed by atoms with Crippen molar-refractivity contribution < 1.29 is 9.47 Å². The lowest BCUT2D eigenvalue weighted by Crippen LogP contribution is -2.30. The molecule has 0 spiro atoms. The summed E-state index contributed by atoms with van der Waals surface area (Å²) >= 11 is 0. The summed E-state index contributed by atoms with van der Waals surface area (Å²) in [7, 11) is 1.69. The molecule has 0 amide bonds. The first kappa shape index (κ1) is 14.9. The maximum absolute atomic E-state index is 5.85. The second-order valence-electron chi connectivity index (χ2n) is 5.94. The van der Waals surface area contributed by atoms with Crippen LogP contribution in [0.2, 0.25) is 0 Å². The van der Waals surface area contributed by atoms with Gasteiger partial charge in [0.2, 0.25) is 0 Å². The molecule has 1 unspecified atom stereocenters. The van der Waals surface area contributed by atoms with Gasteiger partial charge < -0.3 is 14.8 Å². The van der Waals surface area contributed by atoms with Crippen LogP contribution in [0.1, 0.15) is 36.6 Å². The van der Waals surface area contributed by atoms with Gasteiger partial charge in [-0.05, 0) is 61.2 Å². The lowest BCUT2D eigenvalue weighted by molar-refractivity contribution is 0.242. The van der Waals surface area contributed by atoms with E-state index >= 15 is 0 Å². The summed E-state index contributed by atoms with van der Waals surface area (Å²) in [6.07, 6.45) is 1.25. The number of ether oxygens (including phenoxy) is 2. The van der Waals surface area contributed by atoms with Crippen molar-refractivity contribution in [2.75, 3.05) is 13.7 Å². The van der Waals surface area contributed by atoms with Crippen LogP contribution in [0.4, 0.5) is 0 Å². The van der Waals surface area contributed by atoms with Gasteiger partial charge in [0.1, 0.15) is 11.5 Å². The Kier molecular flexibility index (Phi) is 4.34. The maximum Gasteiger partial charge on any atom is 0.120 e. The molecule has 0 saturated heterocycles. The van der Waals surface area contributed by atoms with E-state index in [9.17, 15) is 0 Å².